The molecule has 0 aromatic carbocycles. The number of carbonyl (C=O) groups excluding carboxylic acids is 2. The minimum absolute atomic E-state index is 0. The third-order valence-corrected chi connectivity index (χ3v) is 4.82. The SMILES string of the molecule is C=CCOCCOCCOC(=O)C1C(C(=O)O)C(C(=O)O)C1C(=O)OCCOCCOCC=C.[Zn]. The number of carbonyl (C=O) groups is 4. The molecule has 1 aliphatic carbocycles. The molecule has 1 aliphatic rings. The number of rotatable bonds is 20. The zero-order valence-corrected chi connectivity index (χ0v) is 22.6. The molecule has 0 aromatic rings. The fourth-order valence-corrected chi connectivity index (χ4v) is 3.32. The van der Waals surface area contributed by atoms with Crippen molar-refractivity contribution in [1.29, 1.82) is 0 Å². The first-order chi connectivity index (χ1) is 16.4. The van der Waals surface area contributed by atoms with Crippen LogP contribution in [0, 0.1) is 23.7 Å². The topological polar surface area (TPSA) is 164 Å². The summed E-state index contributed by atoms with van der Waals surface area (Å²) in [5.74, 6) is -11.3. The maximum atomic E-state index is 12.5. The van der Waals surface area contributed by atoms with Crippen LogP contribution in [0.3, 0.4) is 0 Å². The van der Waals surface area contributed by atoms with E-state index < -0.39 is 47.5 Å². The zero-order chi connectivity index (χ0) is 25.3. The van der Waals surface area contributed by atoms with Gasteiger partial charge in [0.2, 0.25) is 0 Å². The van der Waals surface area contributed by atoms with Gasteiger partial charge < -0.3 is 38.6 Å². The van der Waals surface area contributed by atoms with E-state index in [4.69, 9.17) is 28.4 Å². The van der Waals surface area contributed by atoms with E-state index in [-0.39, 0.29) is 59.1 Å². The van der Waals surface area contributed by atoms with Gasteiger partial charge in [0, 0.05) is 19.5 Å². The first kappa shape index (κ1) is 32.8. The first-order valence-electron chi connectivity index (χ1n) is 10.7. The summed E-state index contributed by atoms with van der Waals surface area (Å²) < 4.78 is 30.7. The molecule has 12 nitrogen and oxygen atoms in total. The molecule has 0 amide bonds. The summed E-state index contributed by atoms with van der Waals surface area (Å²) >= 11 is 0. The molecular formula is C22H32O12Zn. The number of hydrogen-bond donors (Lipinski definition) is 2. The van der Waals surface area contributed by atoms with Crippen molar-refractivity contribution in [3.05, 3.63) is 25.3 Å². The van der Waals surface area contributed by atoms with E-state index in [1.807, 2.05) is 0 Å². The van der Waals surface area contributed by atoms with Crippen LogP contribution in [0.4, 0.5) is 0 Å². The van der Waals surface area contributed by atoms with E-state index in [1.165, 1.54) is 0 Å². The molecule has 0 heterocycles. The van der Waals surface area contributed by atoms with Gasteiger partial charge in [0.15, 0.2) is 0 Å². The Hall–Kier alpha value is -2.18. The Kier molecular flexibility index (Phi) is 17.9. The van der Waals surface area contributed by atoms with Gasteiger partial charge in [-0.1, -0.05) is 12.2 Å². The van der Waals surface area contributed by atoms with Crippen LogP contribution in [-0.2, 0) is 67.1 Å². The Morgan fingerprint density at radius 1 is 0.571 bits per heavy atom. The molecule has 0 radical (unpaired) electrons. The van der Waals surface area contributed by atoms with Gasteiger partial charge in [-0.05, 0) is 0 Å². The van der Waals surface area contributed by atoms with Gasteiger partial charge in [-0.2, -0.15) is 0 Å². The molecule has 4 unspecified atom stereocenters. The second-order valence-electron chi connectivity index (χ2n) is 7.07. The van der Waals surface area contributed by atoms with Crippen LogP contribution in [0.2, 0.25) is 0 Å². The molecule has 13 heteroatoms. The van der Waals surface area contributed by atoms with Crippen molar-refractivity contribution in [1.82, 2.24) is 0 Å². The smallest absolute Gasteiger partial charge is 0.310 e. The zero-order valence-electron chi connectivity index (χ0n) is 19.6. The number of carboxylic acids is 2. The van der Waals surface area contributed by atoms with E-state index in [2.05, 4.69) is 13.2 Å². The molecular weight excluding hydrogens is 522 g/mol. The third-order valence-electron chi connectivity index (χ3n) is 4.82. The van der Waals surface area contributed by atoms with Crippen LogP contribution in [0.1, 0.15) is 0 Å². The minimum atomic E-state index is -1.62. The van der Waals surface area contributed by atoms with Crippen LogP contribution < -0.4 is 0 Å². The van der Waals surface area contributed by atoms with E-state index in [1.54, 1.807) is 12.2 Å². The summed E-state index contributed by atoms with van der Waals surface area (Å²) in [4.78, 5) is 48.1. The van der Waals surface area contributed by atoms with Gasteiger partial charge in [-0.15, -0.1) is 13.2 Å². The fraction of sp³-hybridized carbons (Fsp3) is 0.636. The van der Waals surface area contributed by atoms with Gasteiger partial charge >= 0.3 is 23.9 Å². The maximum absolute atomic E-state index is 12.5. The molecule has 0 aromatic heterocycles. The molecule has 1 fully saturated rings. The van der Waals surface area contributed by atoms with Crippen LogP contribution in [-0.4, -0.2) is 100 Å². The van der Waals surface area contributed by atoms with Crippen molar-refractivity contribution < 1.29 is 77.3 Å². The van der Waals surface area contributed by atoms with Crippen molar-refractivity contribution in [2.45, 2.75) is 0 Å². The number of aliphatic carboxylic acids is 2. The fourth-order valence-electron chi connectivity index (χ4n) is 3.32. The summed E-state index contributed by atoms with van der Waals surface area (Å²) in [5.41, 5.74) is 0. The predicted octanol–water partition coefficient (Wildman–Crippen LogP) is 0.156. The van der Waals surface area contributed by atoms with Gasteiger partial charge in [-0.3, -0.25) is 19.2 Å². The second-order valence-corrected chi connectivity index (χ2v) is 7.07. The Morgan fingerprint density at radius 2 is 0.886 bits per heavy atom. The van der Waals surface area contributed by atoms with Crippen LogP contribution in [0.5, 0.6) is 0 Å². The number of esters is 2. The normalized spacial score (nSPS) is 20.6. The molecule has 0 bridgehead atoms. The predicted molar refractivity (Wildman–Crippen MR) is 115 cm³/mol. The molecule has 0 saturated heterocycles. The van der Waals surface area contributed by atoms with E-state index in [0.29, 0.717) is 26.4 Å². The van der Waals surface area contributed by atoms with Gasteiger partial charge in [-0.25, -0.2) is 0 Å². The van der Waals surface area contributed by atoms with Gasteiger partial charge in [0.05, 0.1) is 76.5 Å². The maximum Gasteiger partial charge on any atom is 0.310 e. The monoisotopic (exact) mass is 552 g/mol. The summed E-state index contributed by atoms with van der Waals surface area (Å²) in [6.07, 6.45) is 3.16. The van der Waals surface area contributed by atoms with Crippen molar-refractivity contribution >= 4 is 23.9 Å². The Labute approximate surface area is 216 Å². The number of ether oxygens (including phenoxy) is 6. The second kappa shape index (κ2) is 19.1. The van der Waals surface area contributed by atoms with Gasteiger partial charge in [0.1, 0.15) is 13.2 Å². The van der Waals surface area contributed by atoms with Crippen LogP contribution in [0.15, 0.2) is 25.3 Å². The van der Waals surface area contributed by atoms with Crippen molar-refractivity contribution in [3.63, 3.8) is 0 Å². The molecule has 35 heavy (non-hydrogen) atoms. The van der Waals surface area contributed by atoms with E-state index in [9.17, 15) is 29.4 Å². The summed E-state index contributed by atoms with van der Waals surface area (Å²) in [6, 6.07) is 0. The Morgan fingerprint density at radius 3 is 1.20 bits per heavy atom. The van der Waals surface area contributed by atoms with Crippen molar-refractivity contribution in [2.24, 2.45) is 23.7 Å². The average molecular weight is 554 g/mol. The quantitative estimate of drug-likeness (QED) is 0.0909. The van der Waals surface area contributed by atoms with Crippen LogP contribution in [0.25, 0.3) is 0 Å². The molecule has 0 aliphatic heterocycles. The third kappa shape index (κ3) is 11.4. The summed E-state index contributed by atoms with van der Waals surface area (Å²) in [6.45, 7) is 8.46. The molecule has 1 rings (SSSR count). The summed E-state index contributed by atoms with van der Waals surface area (Å²) in [5, 5.41) is 18.8. The van der Waals surface area contributed by atoms with E-state index in [0.717, 1.165) is 0 Å². The van der Waals surface area contributed by atoms with Crippen molar-refractivity contribution in [3.8, 4) is 0 Å². The Balaban J connectivity index is 0.0000116. The van der Waals surface area contributed by atoms with E-state index >= 15 is 0 Å². The largest absolute Gasteiger partial charge is 0.481 e. The number of carboxylic acid groups (broad SMARTS) is 2. The molecule has 0 spiro atoms. The average Bonchev–Trinajstić information content (AvgIpc) is 2.76. The summed E-state index contributed by atoms with van der Waals surface area (Å²) in [7, 11) is 0. The number of hydrogen-bond acceptors (Lipinski definition) is 10. The molecule has 194 valence electrons. The molecule has 1 saturated carbocycles. The molecule has 2 N–H and O–H groups in total. The first-order valence-corrected chi connectivity index (χ1v) is 10.7. The van der Waals surface area contributed by atoms with Crippen LogP contribution >= 0.6 is 0 Å². The molecule has 4 atom stereocenters. The minimum Gasteiger partial charge on any atom is -0.481 e. The standard InChI is InChI=1S/C22H32O12.Zn/c1-3-5-29-7-9-31-11-13-33-21(27)17-15(19(23)24)16(20(25)26)18(17)22(28)34-14-12-32-10-8-30-6-4-2;/h3-4,15-18H,1-2,5-14H2,(H,23,24)(H,25,26);. The van der Waals surface area contributed by atoms with Gasteiger partial charge in [0.25, 0.3) is 0 Å². The van der Waals surface area contributed by atoms with Crippen molar-refractivity contribution in [2.75, 3.05) is 66.1 Å². The Bertz CT molecular complexity index is 640.